The summed E-state index contributed by atoms with van der Waals surface area (Å²) >= 11 is 0. The van der Waals surface area contributed by atoms with Gasteiger partial charge in [0.1, 0.15) is 17.3 Å². The molecule has 0 aliphatic rings. The molecule has 18 heavy (non-hydrogen) atoms. The maximum atomic E-state index is 13.4. The standard InChI is InChI=1S/C12H6F5N/c13-9-4-3-7(6-8(9)12(15,16)17)11-10(14)2-1-5-18-11/h1-6H. The lowest BCUT2D eigenvalue weighted by Crippen LogP contribution is -2.08. The number of nitrogens with zero attached hydrogens (tertiary/aromatic N) is 1. The summed E-state index contributed by atoms with van der Waals surface area (Å²) < 4.78 is 63.9. The molecule has 6 heteroatoms. The summed E-state index contributed by atoms with van der Waals surface area (Å²) in [5.74, 6) is -2.17. The van der Waals surface area contributed by atoms with Crippen molar-refractivity contribution in [3.05, 3.63) is 53.7 Å². The Labute approximate surface area is 98.9 Å². The first-order chi connectivity index (χ1) is 8.39. The van der Waals surface area contributed by atoms with Gasteiger partial charge in [0.15, 0.2) is 0 Å². The van der Waals surface area contributed by atoms with Crippen LogP contribution in [0.25, 0.3) is 11.3 Å². The van der Waals surface area contributed by atoms with Crippen LogP contribution in [0, 0.1) is 11.6 Å². The van der Waals surface area contributed by atoms with Crippen LogP contribution in [0.4, 0.5) is 22.0 Å². The summed E-state index contributed by atoms with van der Waals surface area (Å²) in [6.45, 7) is 0. The van der Waals surface area contributed by atoms with Crippen molar-refractivity contribution in [2.24, 2.45) is 0 Å². The van der Waals surface area contributed by atoms with Crippen molar-refractivity contribution in [1.29, 1.82) is 0 Å². The third-order valence-electron chi connectivity index (χ3n) is 2.30. The normalized spacial score (nSPS) is 11.6. The SMILES string of the molecule is Fc1ccc(-c2ncccc2F)cc1C(F)(F)F. The van der Waals surface area contributed by atoms with Gasteiger partial charge in [0.2, 0.25) is 0 Å². The van der Waals surface area contributed by atoms with E-state index in [1.165, 1.54) is 12.3 Å². The van der Waals surface area contributed by atoms with E-state index in [0.29, 0.717) is 12.1 Å². The molecular weight excluding hydrogens is 253 g/mol. The first-order valence-electron chi connectivity index (χ1n) is 4.87. The fourth-order valence-corrected chi connectivity index (χ4v) is 1.49. The van der Waals surface area contributed by atoms with Crippen molar-refractivity contribution in [2.45, 2.75) is 6.18 Å². The third-order valence-corrected chi connectivity index (χ3v) is 2.30. The van der Waals surface area contributed by atoms with E-state index < -0.39 is 23.4 Å². The smallest absolute Gasteiger partial charge is 0.253 e. The highest BCUT2D eigenvalue weighted by atomic mass is 19.4. The predicted molar refractivity (Wildman–Crippen MR) is 54.6 cm³/mol. The highest BCUT2D eigenvalue weighted by Crippen LogP contribution is 2.34. The van der Waals surface area contributed by atoms with Crippen LogP contribution in [-0.4, -0.2) is 4.98 Å². The van der Waals surface area contributed by atoms with Gasteiger partial charge in [-0.05, 0) is 30.3 Å². The van der Waals surface area contributed by atoms with Crippen molar-refractivity contribution >= 4 is 0 Å². The van der Waals surface area contributed by atoms with Gasteiger partial charge in [0.25, 0.3) is 0 Å². The lowest BCUT2D eigenvalue weighted by Gasteiger charge is -2.10. The summed E-state index contributed by atoms with van der Waals surface area (Å²) in [6, 6.07) is 4.62. The van der Waals surface area contributed by atoms with Gasteiger partial charge in [0.05, 0.1) is 5.56 Å². The molecule has 0 radical (unpaired) electrons. The average molecular weight is 259 g/mol. The molecule has 1 heterocycles. The Morgan fingerprint density at radius 2 is 1.67 bits per heavy atom. The Hall–Kier alpha value is -1.98. The van der Waals surface area contributed by atoms with E-state index in [0.717, 1.165) is 12.1 Å². The van der Waals surface area contributed by atoms with Gasteiger partial charge in [-0.2, -0.15) is 13.2 Å². The van der Waals surface area contributed by atoms with Crippen molar-refractivity contribution in [3.63, 3.8) is 0 Å². The third kappa shape index (κ3) is 2.32. The summed E-state index contributed by atoms with van der Waals surface area (Å²) in [7, 11) is 0. The second-order valence-corrected chi connectivity index (χ2v) is 3.53. The quantitative estimate of drug-likeness (QED) is 0.704. The number of hydrogen-bond donors (Lipinski definition) is 0. The first-order valence-corrected chi connectivity index (χ1v) is 4.87. The average Bonchev–Trinajstić information content (AvgIpc) is 2.29. The van der Waals surface area contributed by atoms with Gasteiger partial charge in [0, 0.05) is 11.8 Å². The number of halogens is 5. The second kappa shape index (κ2) is 4.36. The van der Waals surface area contributed by atoms with E-state index in [9.17, 15) is 22.0 Å². The van der Waals surface area contributed by atoms with E-state index in [1.807, 2.05) is 0 Å². The van der Waals surface area contributed by atoms with Crippen LogP contribution < -0.4 is 0 Å². The van der Waals surface area contributed by atoms with E-state index in [4.69, 9.17) is 0 Å². The molecule has 0 N–H and O–H groups in total. The molecule has 1 aromatic heterocycles. The maximum Gasteiger partial charge on any atom is 0.419 e. The highest BCUT2D eigenvalue weighted by molar-refractivity contribution is 5.60. The topological polar surface area (TPSA) is 12.9 Å². The molecule has 0 bridgehead atoms. The van der Waals surface area contributed by atoms with E-state index in [1.54, 1.807) is 0 Å². The van der Waals surface area contributed by atoms with Gasteiger partial charge < -0.3 is 0 Å². The lowest BCUT2D eigenvalue weighted by molar-refractivity contribution is -0.139. The molecule has 0 fully saturated rings. The van der Waals surface area contributed by atoms with Crippen LogP contribution in [0.5, 0.6) is 0 Å². The molecule has 2 rings (SSSR count). The largest absolute Gasteiger partial charge is 0.419 e. The van der Waals surface area contributed by atoms with Gasteiger partial charge in [-0.1, -0.05) is 0 Å². The van der Waals surface area contributed by atoms with Crippen LogP contribution in [0.3, 0.4) is 0 Å². The lowest BCUT2D eigenvalue weighted by atomic mass is 10.1. The Bertz CT molecular complexity index is 577. The van der Waals surface area contributed by atoms with Crippen LogP contribution in [0.2, 0.25) is 0 Å². The number of pyridine rings is 1. The molecule has 0 unspecified atom stereocenters. The molecule has 0 aliphatic heterocycles. The second-order valence-electron chi connectivity index (χ2n) is 3.53. The van der Waals surface area contributed by atoms with E-state index in [-0.39, 0.29) is 11.3 Å². The predicted octanol–water partition coefficient (Wildman–Crippen LogP) is 4.05. The minimum Gasteiger partial charge on any atom is -0.253 e. The summed E-state index contributed by atoms with van der Waals surface area (Å²) in [6.07, 6.45) is -3.58. The van der Waals surface area contributed by atoms with Crippen LogP contribution in [-0.2, 0) is 6.18 Å². The number of alkyl halides is 3. The summed E-state index contributed by atoms with van der Waals surface area (Å²) in [5.41, 5.74) is -1.81. The minimum absolute atomic E-state index is 0.123. The van der Waals surface area contributed by atoms with Crippen molar-refractivity contribution in [1.82, 2.24) is 4.98 Å². The van der Waals surface area contributed by atoms with Gasteiger partial charge >= 0.3 is 6.18 Å². The molecule has 2 aromatic rings. The van der Waals surface area contributed by atoms with Gasteiger partial charge in [-0.3, -0.25) is 4.98 Å². The number of aromatic nitrogens is 1. The molecule has 0 saturated heterocycles. The highest BCUT2D eigenvalue weighted by Gasteiger charge is 2.34. The van der Waals surface area contributed by atoms with Crippen LogP contribution >= 0.6 is 0 Å². The molecule has 94 valence electrons. The van der Waals surface area contributed by atoms with Gasteiger partial charge in [-0.25, -0.2) is 8.78 Å². The molecule has 0 atom stereocenters. The molecule has 0 amide bonds. The van der Waals surface area contributed by atoms with Crippen molar-refractivity contribution in [2.75, 3.05) is 0 Å². The maximum absolute atomic E-state index is 13.4. The number of hydrogen-bond acceptors (Lipinski definition) is 1. The molecular formula is C12H6F5N. The molecule has 0 saturated carbocycles. The summed E-state index contributed by atoms with van der Waals surface area (Å²) in [4.78, 5) is 3.64. The molecule has 0 spiro atoms. The summed E-state index contributed by atoms with van der Waals surface area (Å²) in [5, 5.41) is 0. The number of benzene rings is 1. The zero-order valence-electron chi connectivity index (χ0n) is 8.80. The first kappa shape index (κ1) is 12.5. The van der Waals surface area contributed by atoms with E-state index >= 15 is 0 Å². The van der Waals surface area contributed by atoms with Gasteiger partial charge in [-0.15, -0.1) is 0 Å². The Kier molecular flexibility index (Phi) is 3.02. The monoisotopic (exact) mass is 259 g/mol. The Morgan fingerprint density at radius 1 is 0.944 bits per heavy atom. The Balaban J connectivity index is 2.58. The minimum atomic E-state index is -4.83. The zero-order chi connectivity index (χ0) is 13.3. The Morgan fingerprint density at radius 3 is 2.28 bits per heavy atom. The fourth-order valence-electron chi connectivity index (χ4n) is 1.49. The molecule has 1 aromatic carbocycles. The molecule has 0 aliphatic carbocycles. The van der Waals surface area contributed by atoms with Crippen molar-refractivity contribution < 1.29 is 22.0 Å². The van der Waals surface area contributed by atoms with Crippen LogP contribution in [0.1, 0.15) is 5.56 Å². The number of rotatable bonds is 1. The van der Waals surface area contributed by atoms with Crippen LogP contribution in [0.15, 0.2) is 36.5 Å². The molecule has 1 nitrogen and oxygen atoms in total. The zero-order valence-corrected chi connectivity index (χ0v) is 8.80. The van der Waals surface area contributed by atoms with E-state index in [2.05, 4.69) is 4.98 Å². The van der Waals surface area contributed by atoms with Crippen molar-refractivity contribution in [3.8, 4) is 11.3 Å². The fraction of sp³-hybridized carbons (Fsp3) is 0.0833.